The molecule has 3 aromatic rings. The van der Waals surface area contributed by atoms with Crippen molar-refractivity contribution in [3.8, 4) is 5.75 Å². The molecule has 214 valence electrons. The Hall–Kier alpha value is -3.85. The highest BCUT2D eigenvalue weighted by Gasteiger charge is 2.33. The van der Waals surface area contributed by atoms with E-state index in [9.17, 15) is 18.0 Å². The fraction of sp³-hybridized carbons (Fsp3) is 0.355. The van der Waals surface area contributed by atoms with Crippen molar-refractivity contribution >= 4 is 27.5 Å². The zero-order valence-corrected chi connectivity index (χ0v) is 24.5. The number of anilines is 1. The van der Waals surface area contributed by atoms with Crippen LogP contribution in [0.25, 0.3) is 0 Å². The molecular weight excluding hydrogens is 526 g/mol. The summed E-state index contributed by atoms with van der Waals surface area (Å²) in [4.78, 5) is 29.2. The average Bonchev–Trinajstić information content (AvgIpc) is 2.96. The van der Waals surface area contributed by atoms with Crippen LogP contribution in [-0.2, 0) is 39.0 Å². The number of hydrogen-bond acceptors (Lipinski definition) is 5. The highest BCUT2D eigenvalue weighted by molar-refractivity contribution is 7.92. The van der Waals surface area contributed by atoms with E-state index in [0.717, 1.165) is 33.7 Å². The lowest BCUT2D eigenvalue weighted by Gasteiger charge is -2.34. The van der Waals surface area contributed by atoms with E-state index in [1.54, 1.807) is 25.3 Å². The molecule has 0 spiro atoms. The first-order chi connectivity index (χ1) is 19.2. The number of ether oxygens (including phenoxy) is 1. The van der Waals surface area contributed by atoms with Crippen LogP contribution in [0, 0.1) is 0 Å². The summed E-state index contributed by atoms with van der Waals surface area (Å²) in [6, 6.07) is 23.1. The standard InChI is InChI=1S/C31H39N3O5S/c1-5-19-32-31(36)29(21-24-13-8-7-9-14-24)33(22-25-15-12-17-27(20-25)39-3)30(35)23-34(40(4,37)38)28-18-11-10-16-26(28)6-2/h7-18,20,29H,5-6,19,21-23H2,1-4H3,(H,32,36)/t29-/m1/s1. The topological polar surface area (TPSA) is 96.0 Å². The molecule has 0 bridgehead atoms. The van der Waals surface area contributed by atoms with Crippen LogP contribution in [-0.4, -0.2) is 57.6 Å². The normalized spacial score (nSPS) is 11.9. The van der Waals surface area contributed by atoms with Crippen LogP contribution in [0.4, 0.5) is 5.69 Å². The van der Waals surface area contributed by atoms with Crippen LogP contribution in [0.2, 0.25) is 0 Å². The molecule has 2 amide bonds. The lowest BCUT2D eigenvalue weighted by atomic mass is 10.0. The van der Waals surface area contributed by atoms with Crippen molar-refractivity contribution in [2.24, 2.45) is 0 Å². The van der Waals surface area contributed by atoms with Gasteiger partial charge in [0.05, 0.1) is 19.1 Å². The monoisotopic (exact) mass is 565 g/mol. The fourth-order valence-electron chi connectivity index (χ4n) is 4.54. The van der Waals surface area contributed by atoms with Crippen LogP contribution in [0.1, 0.15) is 37.0 Å². The molecule has 0 saturated heterocycles. The number of amides is 2. The van der Waals surface area contributed by atoms with Gasteiger partial charge in [-0.05, 0) is 47.7 Å². The molecule has 1 N–H and O–H groups in total. The van der Waals surface area contributed by atoms with E-state index in [1.165, 1.54) is 4.90 Å². The number of nitrogens with one attached hydrogen (secondary N) is 1. The zero-order valence-electron chi connectivity index (χ0n) is 23.7. The second-order valence-corrected chi connectivity index (χ2v) is 11.5. The maximum atomic E-state index is 14.2. The smallest absolute Gasteiger partial charge is 0.244 e. The molecule has 0 fully saturated rings. The number of aryl methyl sites for hydroxylation is 1. The van der Waals surface area contributed by atoms with Gasteiger partial charge in [-0.25, -0.2) is 8.42 Å². The first-order valence-corrected chi connectivity index (χ1v) is 15.3. The number of benzene rings is 3. The Balaban J connectivity index is 2.07. The van der Waals surface area contributed by atoms with Crippen molar-refractivity contribution in [2.45, 2.75) is 45.7 Å². The number of carbonyl (C=O) groups is 2. The van der Waals surface area contributed by atoms with Crippen molar-refractivity contribution in [3.63, 3.8) is 0 Å². The average molecular weight is 566 g/mol. The molecule has 0 unspecified atom stereocenters. The summed E-state index contributed by atoms with van der Waals surface area (Å²) in [6.07, 6.45) is 2.70. The summed E-state index contributed by atoms with van der Waals surface area (Å²) < 4.78 is 32.5. The zero-order chi connectivity index (χ0) is 29.1. The van der Waals surface area contributed by atoms with Gasteiger partial charge in [-0.3, -0.25) is 13.9 Å². The number of nitrogens with zero attached hydrogens (tertiary/aromatic N) is 2. The summed E-state index contributed by atoms with van der Waals surface area (Å²) in [5.74, 6) is -0.150. The lowest BCUT2D eigenvalue weighted by molar-refractivity contribution is -0.140. The Bertz CT molecular complexity index is 1380. The summed E-state index contributed by atoms with van der Waals surface area (Å²) in [5, 5.41) is 2.94. The highest BCUT2D eigenvalue weighted by atomic mass is 32.2. The van der Waals surface area contributed by atoms with Gasteiger partial charge in [-0.2, -0.15) is 0 Å². The van der Waals surface area contributed by atoms with Gasteiger partial charge in [-0.1, -0.05) is 74.5 Å². The van der Waals surface area contributed by atoms with E-state index in [1.807, 2.05) is 74.5 Å². The predicted molar refractivity (Wildman–Crippen MR) is 159 cm³/mol. The van der Waals surface area contributed by atoms with Gasteiger partial charge in [0.2, 0.25) is 21.8 Å². The molecule has 0 radical (unpaired) electrons. The quantitative estimate of drug-likeness (QED) is 0.316. The van der Waals surface area contributed by atoms with Crippen LogP contribution < -0.4 is 14.4 Å². The van der Waals surface area contributed by atoms with Crippen LogP contribution >= 0.6 is 0 Å². The second-order valence-electron chi connectivity index (χ2n) is 9.62. The van der Waals surface area contributed by atoms with Gasteiger partial charge < -0.3 is 15.0 Å². The van der Waals surface area contributed by atoms with E-state index >= 15 is 0 Å². The molecule has 8 nitrogen and oxygen atoms in total. The molecule has 0 saturated carbocycles. The van der Waals surface area contributed by atoms with Crippen LogP contribution in [0.3, 0.4) is 0 Å². The van der Waals surface area contributed by atoms with Gasteiger partial charge >= 0.3 is 0 Å². The predicted octanol–water partition coefficient (Wildman–Crippen LogP) is 4.19. The third kappa shape index (κ3) is 8.32. The van der Waals surface area contributed by atoms with Gasteiger partial charge in [0.15, 0.2) is 0 Å². The number of methoxy groups -OCH3 is 1. The first-order valence-electron chi connectivity index (χ1n) is 13.5. The third-order valence-electron chi connectivity index (χ3n) is 6.63. The van der Waals surface area contributed by atoms with Gasteiger partial charge in [-0.15, -0.1) is 0 Å². The molecule has 0 aliphatic rings. The van der Waals surface area contributed by atoms with Gasteiger partial charge in [0.1, 0.15) is 18.3 Å². The minimum Gasteiger partial charge on any atom is -0.497 e. The summed E-state index contributed by atoms with van der Waals surface area (Å²) >= 11 is 0. The Morgan fingerprint density at radius 2 is 1.60 bits per heavy atom. The SMILES string of the molecule is CCCNC(=O)[C@@H](Cc1ccccc1)N(Cc1cccc(OC)c1)C(=O)CN(c1ccccc1CC)S(C)(=O)=O. The largest absolute Gasteiger partial charge is 0.497 e. The number of para-hydroxylation sites is 1. The summed E-state index contributed by atoms with van der Waals surface area (Å²) in [7, 11) is -2.25. The van der Waals surface area contributed by atoms with Gasteiger partial charge in [0, 0.05) is 19.5 Å². The van der Waals surface area contributed by atoms with E-state index in [2.05, 4.69) is 5.32 Å². The fourth-order valence-corrected chi connectivity index (χ4v) is 5.42. The van der Waals surface area contributed by atoms with Crippen LogP contribution in [0.5, 0.6) is 5.75 Å². The van der Waals surface area contributed by atoms with Crippen molar-refractivity contribution in [1.82, 2.24) is 10.2 Å². The van der Waals surface area contributed by atoms with E-state index < -0.39 is 28.5 Å². The molecule has 3 rings (SSSR count). The molecule has 1 atom stereocenters. The van der Waals surface area contributed by atoms with Crippen molar-refractivity contribution in [2.75, 3.05) is 30.8 Å². The molecule has 0 heterocycles. The van der Waals surface area contributed by atoms with Gasteiger partial charge in [0.25, 0.3) is 0 Å². The third-order valence-corrected chi connectivity index (χ3v) is 7.75. The van der Waals surface area contributed by atoms with Crippen LogP contribution in [0.15, 0.2) is 78.9 Å². The Morgan fingerprint density at radius 3 is 2.25 bits per heavy atom. The molecule has 0 aliphatic heterocycles. The van der Waals surface area contributed by atoms with Crippen molar-refractivity contribution < 1.29 is 22.7 Å². The molecule has 40 heavy (non-hydrogen) atoms. The summed E-state index contributed by atoms with van der Waals surface area (Å²) in [5.41, 5.74) is 2.91. The Morgan fingerprint density at radius 1 is 0.925 bits per heavy atom. The highest BCUT2D eigenvalue weighted by Crippen LogP contribution is 2.25. The molecule has 9 heteroatoms. The molecule has 3 aromatic carbocycles. The Kier molecular flexibility index (Phi) is 11.1. The number of carbonyl (C=O) groups excluding carboxylic acids is 2. The maximum Gasteiger partial charge on any atom is 0.244 e. The maximum absolute atomic E-state index is 14.2. The van der Waals surface area contributed by atoms with E-state index in [-0.39, 0.29) is 18.9 Å². The van der Waals surface area contributed by atoms with E-state index in [0.29, 0.717) is 24.4 Å². The molecule has 0 aliphatic carbocycles. The molecule has 0 aromatic heterocycles. The first kappa shape index (κ1) is 30.7. The van der Waals surface area contributed by atoms with Crippen molar-refractivity contribution in [1.29, 1.82) is 0 Å². The summed E-state index contributed by atoms with van der Waals surface area (Å²) in [6.45, 7) is 4.02. The second kappa shape index (κ2) is 14.5. The molecular formula is C31H39N3O5S. The number of hydrogen-bond donors (Lipinski definition) is 1. The van der Waals surface area contributed by atoms with Crippen molar-refractivity contribution in [3.05, 3.63) is 95.6 Å². The minimum absolute atomic E-state index is 0.0973. The Labute approximate surface area is 238 Å². The van der Waals surface area contributed by atoms with E-state index in [4.69, 9.17) is 4.74 Å². The lowest BCUT2D eigenvalue weighted by Crippen LogP contribution is -2.53. The number of sulfonamides is 1. The number of rotatable bonds is 14. The minimum atomic E-state index is -3.82.